The minimum absolute atomic E-state index is 1.40. The molecular weight excluding hydrogens is 173 g/mol. The maximum absolute atomic E-state index is 9.75. The molecule has 1 heterocycles. The van der Waals surface area contributed by atoms with Crippen molar-refractivity contribution in [3.63, 3.8) is 0 Å². The summed E-state index contributed by atoms with van der Waals surface area (Å²) in [5.74, 6) is 0. The van der Waals surface area contributed by atoms with Crippen LogP contribution in [0.25, 0.3) is 0 Å². The maximum atomic E-state index is 9.75. The number of halogens is 4. The van der Waals surface area contributed by atoms with Gasteiger partial charge in [-0.2, -0.15) is 0 Å². The average Bonchev–Trinajstić information content (AvgIpc) is 1.85. The quantitative estimate of drug-likeness (QED) is 0.426. The van der Waals surface area contributed by atoms with Gasteiger partial charge < -0.3 is 22.2 Å². The Hall–Kier alpha value is -0.255. The van der Waals surface area contributed by atoms with Crippen molar-refractivity contribution in [2.45, 2.75) is 19.3 Å². The van der Waals surface area contributed by atoms with Crippen LogP contribution in [0, 0.1) is 0 Å². The Morgan fingerprint density at radius 3 is 1.42 bits per heavy atom. The van der Waals surface area contributed by atoms with Gasteiger partial charge in [0.2, 0.25) is 0 Å². The number of rotatable bonds is 0. The highest BCUT2D eigenvalue weighted by Gasteiger charge is 2.20. The zero-order valence-electron chi connectivity index (χ0n) is 7.12. The summed E-state index contributed by atoms with van der Waals surface area (Å²) in [6, 6.07) is 0. The summed E-state index contributed by atoms with van der Waals surface area (Å²) in [5.41, 5.74) is 0. The van der Waals surface area contributed by atoms with E-state index in [2.05, 4.69) is 7.05 Å². The fourth-order valence-corrected chi connectivity index (χ4v) is 1.16. The highest BCUT2D eigenvalue weighted by Crippen LogP contribution is 2.06. The van der Waals surface area contributed by atoms with Crippen molar-refractivity contribution >= 4 is 7.25 Å². The van der Waals surface area contributed by atoms with Crippen molar-refractivity contribution in [3.05, 3.63) is 0 Å². The largest absolute Gasteiger partial charge is 0.673 e. The molecule has 1 saturated heterocycles. The SMILES string of the molecule is C[NH+]1CCCCC1.F[B-](F)(F)F. The van der Waals surface area contributed by atoms with Gasteiger partial charge in [-0.3, -0.25) is 0 Å². The summed E-state index contributed by atoms with van der Waals surface area (Å²) in [6.45, 7) is 2.81. The first-order valence-corrected chi connectivity index (χ1v) is 4.08. The molecule has 0 spiro atoms. The van der Waals surface area contributed by atoms with Gasteiger partial charge in [0.25, 0.3) is 0 Å². The second-order valence-electron chi connectivity index (χ2n) is 3.01. The minimum Gasteiger partial charge on any atom is -0.418 e. The lowest BCUT2D eigenvalue weighted by Crippen LogP contribution is -3.09. The van der Waals surface area contributed by atoms with Gasteiger partial charge >= 0.3 is 7.25 Å². The van der Waals surface area contributed by atoms with Crippen LogP contribution in [0.3, 0.4) is 0 Å². The predicted molar refractivity (Wildman–Crippen MR) is 40.7 cm³/mol. The molecule has 1 fully saturated rings. The van der Waals surface area contributed by atoms with Crippen LogP contribution in [-0.4, -0.2) is 27.4 Å². The number of hydrogen-bond acceptors (Lipinski definition) is 0. The first kappa shape index (κ1) is 11.7. The molecule has 0 aliphatic carbocycles. The van der Waals surface area contributed by atoms with Gasteiger partial charge in [0.15, 0.2) is 0 Å². The van der Waals surface area contributed by atoms with Crippen molar-refractivity contribution in [1.82, 2.24) is 0 Å². The van der Waals surface area contributed by atoms with Crippen LogP contribution in [-0.2, 0) is 0 Å². The first-order valence-electron chi connectivity index (χ1n) is 4.08. The predicted octanol–water partition coefficient (Wildman–Crippen LogP) is 0.985. The molecule has 1 aliphatic rings. The summed E-state index contributed by atoms with van der Waals surface area (Å²) in [7, 11) is -3.72. The van der Waals surface area contributed by atoms with E-state index in [-0.39, 0.29) is 0 Å². The molecule has 1 nitrogen and oxygen atoms in total. The third kappa shape index (κ3) is 12.4. The van der Waals surface area contributed by atoms with Crippen LogP contribution in [0.5, 0.6) is 0 Å². The fraction of sp³-hybridized carbons (Fsp3) is 1.00. The van der Waals surface area contributed by atoms with Gasteiger partial charge in [0.1, 0.15) is 0 Å². The van der Waals surface area contributed by atoms with Crippen molar-refractivity contribution in [2.75, 3.05) is 20.1 Å². The van der Waals surface area contributed by atoms with Gasteiger partial charge in [0, 0.05) is 0 Å². The fourth-order valence-electron chi connectivity index (χ4n) is 1.16. The molecule has 0 radical (unpaired) electrons. The second-order valence-corrected chi connectivity index (χ2v) is 3.01. The molecular formula is C6H14BF4N. The third-order valence-electron chi connectivity index (χ3n) is 1.71. The Balaban J connectivity index is 0.000000217. The molecule has 12 heavy (non-hydrogen) atoms. The van der Waals surface area contributed by atoms with E-state index in [0.717, 1.165) is 0 Å². The topological polar surface area (TPSA) is 4.44 Å². The van der Waals surface area contributed by atoms with E-state index in [9.17, 15) is 17.3 Å². The summed E-state index contributed by atoms with van der Waals surface area (Å²) in [6.07, 6.45) is 4.37. The van der Waals surface area contributed by atoms with Crippen molar-refractivity contribution in [2.24, 2.45) is 0 Å². The van der Waals surface area contributed by atoms with Crippen molar-refractivity contribution in [1.29, 1.82) is 0 Å². The molecule has 0 aromatic rings. The normalized spacial score (nSPS) is 19.8. The van der Waals surface area contributed by atoms with E-state index in [1.165, 1.54) is 32.4 Å². The standard InChI is InChI=1S/C6H13N.BF4/c1-7-5-3-2-4-6-7;2-1(3,4)5/h2-6H2,1H3;/q;-1/p+1. The number of likely N-dealkylation sites (tertiary alicyclic amines) is 1. The van der Waals surface area contributed by atoms with Gasteiger partial charge in [-0.15, -0.1) is 0 Å². The average molecular weight is 187 g/mol. The van der Waals surface area contributed by atoms with Crippen molar-refractivity contribution < 1.29 is 22.2 Å². The van der Waals surface area contributed by atoms with E-state index in [1.807, 2.05) is 0 Å². The Morgan fingerprint density at radius 2 is 1.25 bits per heavy atom. The van der Waals surface area contributed by atoms with Gasteiger partial charge in [-0.25, -0.2) is 0 Å². The Kier molecular flexibility index (Phi) is 5.29. The van der Waals surface area contributed by atoms with Crippen LogP contribution < -0.4 is 4.90 Å². The van der Waals surface area contributed by atoms with Crippen LogP contribution in [0.1, 0.15) is 19.3 Å². The van der Waals surface area contributed by atoms with Gasteiger partial charge in [0.05, 0.1) is 20.1 Å². The molecule has 0 saturated carbocycles. The molecule has 74 valence electrons. The maximum Gasteiger partial charge on any atom is 0.673 e. The molecule has 0 aromatic heterocycles. The molecule has 0 unspecified atom stereocenters. The second kappa shape index (κ2) is 5.40. The molecule has 0 atom stereocenters. The highest BCUT2D eigenvalue weighted by atomic mass is 19.5. The lowest BCUT2D eigenvalue weighted by atomic mass is 10.1. The van der Waals surface area contributed by atoms with Gasteiger partial charge in [-0.05, 0) is 19.3 Å². The molecule has 6 heteroatoms. The molecule has 1 aliphatic heterocycles. The van der Waals surface area contributed by atoms with Crippen molar-refractivity contribution in [3.8, 4) is 0 Å². The summed E-state index contributed by atoms with van der Waals surface area (Å²) >= 11 is 0. The van der Waals surface area contributed by atoms with Crippen LogP contribution >= 0.6 is 0 Å². The zero-order chi connectivity index (χ0) is 9.61. The summed E-state index contributed by atoms with van der Waals surface area (Å²) < 4.78 is 39.0. The monoisotopic (exact) mass is 187 g/mol. The van der Waals surface area contributed by atoms with E-state index in [0.29, 0.717) is 0 Å². The lowest BCUT2D eigenvalue weighted by molar-refractivity contribution is -0.884. The highest BCUT2D eigenvalue weighted by molar-refractivity contribution is 6.50. The molecule has 1 rings (SSSR count). The van der Waals surface area contributed by atoms with E-state index in [4.69, 9.17) is 0 Å². The smallest absolute Gasteiger partial charge is 0.418 e. The third-order valence-corrected chi connectivity index (χ3v) is 1.71. The van der Waals surface area contributed by atoms with Crippen LogP contribution in [0.2, 0.25) is 0 Å². The Morgan fingerprint density at radius 1 is 0.917 bits per heavy atom. The van der Waals surface area contributed by atoms with Gasteiger partial charge in [-0.1, -0.05) is 0 Å². The minimum atomic E-state index is -6.00. The summed E-state index contributed by atoms with van der Waals surface area (Å²) in [4.78, 5) is 1.71. The van der Waals surface area contributed by atoms with E-state index >= 15 is 0 Å². The molecule has 0 aromatic carbocycles. The zero-order valence-corrected chi connectivity index (χ0v) is 7.12. The van der Waals surface area contributed by atoms with E-state index < -0.39 is 7.25 Å². The lowest BCUT2D eigenvalue weighted by Gasteiger charge is -2.17. The molecule has 0 amide bonds. The first-order chi connectivity index (χ1) is 5.39. The Labute approximate surface area is 69.8 Å². The molecule has 0 bridgehead atoms. The van der Waals surface area contributed by atoms with Crippen LogP contribution in [0.4, 0.5) is 17.3 Å². The summed E-state index contributed by atoms with van der Waals surface area (Å²) in [5, 5.41) is 0. The Bertz CT molecular complexity index is 105. The van der Waals surface area contributed by atoms with E-state index in [1.54, 1.807) is 4.90 Å². The number of piperidine rings is 1. The van der Waals surface area contributed by atoms with Crippen LogP contribution in [0.15, 0.2) is 0 Å². The molecule has 1 N–H and O–H groups in total. The number of nitrogens with one attached hydrogen (secondary N) is 1. The number of hydrogen-bond donors (Lipinski definition) is 1. The number of quaternary nitrogens is 1.